The van der Waals surface area contributed by atoms with Gasteiger partial charge in [0.05, 0.1) is 6.54 Å². The maximum Gasteiger partial charge on any atom is 0.307 e. The van der Waals surface area contributed by atoms with E-state index in [1.54, 1.807) is 17.0 Å². The zero-order valence-corrected chi connectivity index (χ0v) is 11.5. The lowest BCUT2D eigenvalue weighted by atomic mass is 10.3. The van der Waals surface area contributed by atoms with Crippen LogP contribution in [0.5, 0.6) is 0 Å². The summed E-state index contributed by atoms with van der Waals surface area (Å²) < 4.78 is 1.70. The molecule has 0 atom stereocenters. The number of thiazole rings is 1. The van der Waals surface area contributed by atoms with Gasteiger partial charge >= 0.3 is 4.87 Å². The van der Waals surface area contributed by atoms with Gasteiger partial charge in [0.1, 0.15) is 5.82 Å². The minimum atomic E-state index is -0.0302. The van der Waals surface area contributed by atoms with Crippen LogP contribution in [0.1, 0.15) is 24.4 Å². The van der Waals surface area contributed by atoms with E-state index in [1.807, 2.05) is 12.3 Å². The monoisotopic (exact) mass is 280 g/mol. The van der Waals surface area contributed by atoms with Gasteiger partial charge < -0.3 is 14.9 Å². The number of hydrogen-bond donors (Lipinski definition) is 2. The zero-order valence-electron chi connectivity index (χ0n) is 10.7. The molecule has 102 valence electrons. The number of nitrogens with one attached hydrogen (secondary N) is 2. The number of rotatable bonds is 6. The fourth-order valence-electron chi connectivity index (χ4n) is 1.74. The lowest BCUT2D eigenvalue weighted by molar-refractivity contribution is -0.121. The molecule has 0 saturated carbocycles. The minimum Gasteiger partial charge on any atom is -0.349 e. The van der Waals surface area contributed by atoms with Crippen LogP contribution in [0.4, 0.5) is 0 Å². The summed E-state index contributed by atoms with van der Waals surface area (Å²) in [7, 11) is 0. The Bertz CT molecular complexity index is 585. The van der Waals surface area contributed by atoms with Crippen LogP contribution in [-0.2, 0) is 17.9 Å². The number of carbonyl (C=O) groups excluding carboxylic acids is 1. The highest BCUT2D eigenvalue weighted by Gasteiger charge is 2.05. The molecule has 2 rings (SSSR count). The van der Waals surface area contributed by atoms with Crippen molar-refractivity contribution in [1.29, 1.82) is 0 Å². The van der Waals surface area contributed by atoms with Gasteiger partial charge in [-0.1, -0.05) is 11.3 Å². The van der Waals surface area contributed by atoms with E-state index < -0.39 is 0 Å². The van der Waals surface area contributed by atoms with E-state index in [0.717, 1.165) is 11.5 Å². The lowest BCUT2D eigenvalue weighted by Gasteiger charge is -2.05. The molecule has 0 saturated heterocycles. The molecular weight excluding hydrogens is 264 g/mol. The molecule has 2 aromatic heterocycles. The smallest absolute Gasteiger partial charge is 0.307 e. The number of H-pyrrole nitrogens is 1. The maximum atomic E-state index is 11.6. The van der Waals surface area contributed by atoms with Crippen LogP contribution in [0.2, 0.25) is 0 Å². The fourth-order valence-corrected chi connectivity index (χ4v) is 2.50. The van der Waals surface area contributed by atoms with Crippen LogP contribution in [0.3, 0.4) is 0 Å². The number of hydrogen-bond acceptors (Lipinski definition) is 4. The number of carbonyl (C=O) groups is 1. The number of imidazole rings is 1. The first-order valence-electron chi connectivity index (χ1n) is 6.06. The van der Waals surface area contributed by atoms with Crippen LogP contribution in [0.15, 0.2) is 22.6 Å². The van der Waals surface area contributed by atoms with Crippen LogP contribution in [-0.4, -0.2) is 20.4 Å². The average Bonchev–Trinajstić information content (AvgIpc) is 3.00. The molecule has 0 bridgehead atoms. The molecule has 0 fully saturated rings. The second kappa shape index (κ2) is 6.33. The van der Waals surface area contributed by atoms with Crippen molar-refractivity contribution in [1.82, 2.24) is 19.9 Å². The van der Waals surface area contributed by atoms with Crippen molar-refractivity contribution < 1.29 is 4.79 Å². The van der Waals surface area contributed by atoms with Crippen LogP contribution >= 0.6 is 11.3 Å². The summed E-state index contributed by atoms with van der Waals surface area (Å²) in [6, 6.07) is 0. The standard InChI is InChI=1S/C12H16N4O2S/c1-9-8-19-12(18)16(9)6-2-3-11(17)15-7-10-13-4-5-14-10/h4-5,8H,2-3,6-7H2,1H3,(H,13,14)(H,15,17). The summed E-state index contributed by atoms with van der Waals surface area (Å²) in [5, 5.41) is 4.61. The summed E-state index contributed by atoms with van der Waals surface area (Å²) in [6.07, 6.45) is 4.42. The molecule has 0 aliphatic carbocycles. The van der Waals surface area contributed by atoms with Crippen molar-refractivity contribution >= 4 is 17.2 Å². The number of nitrogens with zero attached hydrogens (tertiary/aromatic N) is 2. The molecule has 1 amide bonds. The Balaban J connectivity index is 1.71. The van der Waals surface area contributed by atoms with Crippen molar-refractivity contribution in [2.45, 2.75) is 32.9 Å². The number of aromatic amines is 1. The van der Waals surface area contributed by atoms with Gasteiger partial charge in [-0.25, -0.2) is 4.98 Å². The van der Waals surface area contributed by atoms with Crippen LogP contribution in [0, 0.1) is 6.92 Å². The Morgan fingerprint density at radius 1 is 1.58 bits per heavy atom. The number of aryl methyl sites for hydroxylation is 1. The second-order valence-electron chi connectivity index (χ2n) is 4.21. The lowest BCUT2D eigenvalue weighted by Crippen LogP contribution is -2.24. The normalized spacial score (nSPS) is 10.6. The van der Waals surface area contributed by atoms with Gasteiger partial charge in [0.25, 0.3) is 0 Å². The highest BCUT2D eigenvalue weighted by Crippen LogP contribution is 2.02. The van der Waals surface area contributed by atoms with Gasteiger partial charge in [0, 0.05) is 36.4 Å². The Morgan fingerprint density at radius 2 is 2.42 bits per heavy atom. The molecule has 2 aromatic rings. The van der Waals surface area contributed by atoms with Crippen LogP contribution in [0.25, 0.3) is 0 Å². The van der Waals surface area contributed by atoms with E-state index >= 15 is 0 Å². The molecule has 0 unspecified atom stereocenters. The number of aromatic nitrogens is 3. The third kappa shape index (κ3) is 3.78. The van der Waals surface area contributed by atoms with Gasteiger partial charge in [-0.2, -0.15) is 0 Å². The quantitative estimate of drug-likeness (QED) is 0.829. The maximum absolute atomic E-state index is 11.6. The predicted molar refractivity (Wildman–Crippen MR) is 73.0 cm³/mol. The van der Waals surface area contributed by atoms with Gasteiger partial charge in [-0.3, -0.25) is 9.59 Å². The van der Waals surface area contributed by atoms with Crippen molar-refractivity contribution in [2.75, 3.05) is 0 Å². The summed E-state index contributed by atoms with van der Waals surface area (Å²) >= 11 is 1.19. The van der Waals surface area contributed by atoms with Crippen LogP contribution < -0.4 is 10.2 Å². The van der Waals surface area contributed by atoms with Gasteiger partial charge in [-0.05, 0) is 13.3 Å². The zero-order chi connectivity index (χ0) is 13.7. The Kier molecular flexibility index (Phi) is 4.51. The fraction of sp³-hybridized carbons (Fsp3) is 0.417. The van der Waals surface area contributed by atoms with E-state index in [0.29, 0.717) is 25.9 Å². The first kappa shape index (κ1) is 13.5. The van der Waals surface area contributed by atoms with E-state index in [1.165, 1.54) is 11.3 Å². The molecule has 0 radical (unpaired) electrons. The van der Waals surface area contributed by atoms with Gasteiger partial charge in [0.2, 0.25) is 5.91 Å². The van der Waals surface area contributed by atoms with Crippen molar-refractivity contribution in [3.63, 3.8) is 0 Å². The predicted octanol–water partition coefficient (Wildman–Crippen LogP) is 1.04. The highest BCUT2D eigenvalue weighted by atomic mass is 32.1. The molecule has 0 aliphatic rings. The third-order valence-electron chi connectivity index (χ3n) is 2.77. The van der Waals surface area contributed by atoms with Crippen molar-refractivity contribution in [2.24, 2.45) is 0 Å². The Labute approximate surface area is 114 Å². The average molecular weight is 280 g/mol. The molecule has 0 aliphatic heterocycles. The molecule has 19 heavy (non-hydrogen) atoms. The molecule has 6 nitrogen and oxygen atoms in total. The third-order valence-corrected chi connectivity index (χ3v) is 3.65. The summed E-state index contributed by atoms with van der Waals surface area (Å²) in [5.41, 5.74) is 0.950. The molecule has 2 heterocycles. The number of amides is 1. The SMILES string of the molecule is Cc1csc(=O)n1CCCC(=O)NCc1ncc[nH]1. The van der Waals surface area contributed by atoms with E-state index in [9.17, 15) is 9.59 Å². The van der Waals surface area contributed by atoms with Gasteiger partial charge in [-0.15, -0.1) is 0 Å². The summed E-state index contributed by atoms with van der Waals surface area (Å²) in [4.78, 5) is 30.0. The largest absolute Gasteiger partial charge is 0.349 e. The van der Waals surface area contributed by atoms with Crippen molar-refractivity contribution in [3.8, 4) is 0 Å². The summed E-state index contributed by atoms with van der Waals surface area (Å²) in [5.74, 6) is 0.704. The first-order chi connectivity index (χ1) is 9.16. The Hall–Kier alpha value is -1.89. The molecule has 0 aromatic carbocycles. The molecular formula is C12H16N4O2S. The minimum absolute atomic E-state index is 0.0302. The topological polar surface area (TPSA) is 79.8 Å². The molecule has 7 heteroatoms. The second-order valence-corrected chi connectivity index (χ2v) is 5.03. The highest BCUT2D eigenvalue weighted by molar-refractivity contribution is 7.07. The molecule has 2 N–H and O–H groups in total. The van der Waals surface area contributed by atoms with E-state index in [-0.39, 0.29) is 10.8 Å². The Morgan fingerprint density at radius 3 is 3.05 bits per heavy atom. The van der Waals surface area contributed by atoms with E-state index in [2.05, 4.69) is 15.3 Å². The van der Waals surface area contributed by atoms with E-state index in [4.69, 9.17) is 0 Å². The molecule has 0 spiro atoms. The first-order valence-corrected chi connectivity index (χ1v) is 6.94. The summed E-state index contributed by atoms with van der Waals surface area (Å²) in [6.45, 7) is 2.89. The van der Waals surface area contributed by atoms with Gasteiger partial charge in [0.15, 0.2) is 0 Å². The van der Waals surface area contributed by atoms with Crippen molar-refractivity contribution in [3.05, 3.63) is 39.0 Å².